The topological polar surface area (TPSA) is 51.5 Å². The van der Waals surface area contributed by atoms with Crippen LogP contribution in [-0.2, 0) is 10.9 Å². The van der Waals surface area contributed by atoms with Crippen LogP contribution >= 0.6 is 0 Å². The Balaban J connectivity index is 2.06. The number of carbonyl (C=O) groups excluding carboxylic acids is 1. The van der Waals surface area contributed by atoms with E-state index in [0.29, 0.717) is 6.61 Å². The Bertz CT molecular complexity index is 461. The van der Waals surface area contributed by atoms with E-state index in [0.717, 1.165) is 18.9 Å². The summed E-state index contributed by atoms with van der Waals surface area (Å²) in [6.45, 7) is 2.20. The Morgan fingerprint density at radius 1 is 1.53 bits per heavy atom. The van der Waals surface area contributed by atoms with Gasteiger partial charge in [-0.05, 0) is 25.8 Å². The van der Waals surface area contributed by atoms with Gasteiger partial charge in [-0.2, -0.15) is 13.2 Å². The first-order valence-corrected chi connectivity index (χ1v) is 5.95. The molecule has 0 aliphatic carbocycles. The van der Waals surface area contributed by atoms with Crippen LogP contribution in [0.3, 0.4) is 0 Å². The number of rotatable bonds is 3. The lowest BCUT2D eigenvalue weighted by Crippen LogP contribution is -2.32. The lowest BCUT2D eigenvalue weighted by molar-refractivity contribution is -0.153. The third-order valence-electron chi connectivity index (χ3n) is 2.87. The molecule has 1 aliphatic rings. The smallest absolute Gasteiger partial charge is 0.450 e. The number of carbonyl (C=O) groups is 1. The fourth-order valence-electron chi connectivity index (χ4n) is 2.00. The lowest BCUT2D eigenvalue weighted by Gasteiger charge is -2.11. The molecule has 1 fully saturated rings. The van der Waals surface area contributed by atoms with Crippen LogP contribution in [0.15, 0.2) is 10.5 Å². The summed E-state index contributed by atoms with van der Waals surface area (Å²) in [5, 5.41) is 2.44. The van der Waals surface area contributed by atoms with Gasteiger partial charge in [-0.15, -0.1) is 0 Å². The molecule has 2 heterocycles. The zero-order valence-corrected chi connectivity index (χ0v) is 10.3. The number of hydrogen-bond acceptors (Lipinski definition) is 3. The van der Waals surface area contributed by atoms with Gasteiger partial charge in [0.2, 0.25) is 5.76 Å². The van der Waals surface area contributed by atoms with Gasteiger partial charge in [0.15, 0.2) is 0 Å². The number of hydrogen-bond donors (Lipinski definition) is 1. The fraction of sp³-hybridized carbons (Fsp3) is 0.583. The lowest BCUT2D eigenvalue weighted by atomic mass is 10.2. The third kappa shape index (κ3) is 3.28. The van der Waals surface area contributed by atoms with E-state index in [1.807, 2.05) is 0 Å². The first-order chi connectivity index (χ1) is 8.88. The molecule has 19 heavy (non-hydrogen) atoms. The molecule has 0 bridgehead atoms. The molecule has 106 valence electrons. The number of amides is 1. The van der Waals surface area contributed by atoms with Crippen molar-refractivity contribution in [1.29, 1.82) is 0 Å². The van der Waals surface area contributed by atoms with Gasteiger partial charge in [0, 0.05) is 13.2 Å². The van der Waals surface area contributed by atoms with Crippen molar-refractivity contribution in [2.75, 3.05) is 13.2 Å². The third-order valence-corrected chi connectivity index (χ3v) is 2.87. The van der Waals surface area contributed by atoms with Crippen LogP contribution in [0.25, 0.3) is 0 Å². The second-order valence-electron chi connectivity index (χ2n) is 4.44. The highest BCUT2D eigenvalue weighted by molar-refractivity contribution is 5.95. The predicted molar refractivity (Wildman–Crippen MR) is 59.8 cm³/mol. The van der Waals surface area contributed by atoms with E-state index in [1.165, 1.54) is 6.92 Å². The van der Waals surface area contributed by atoms with Crippen molar-refractivity contribution in [2.24, 2.45) is 0 Å². The second-order valence-corrected chi connectivity index (χ2v) is 4.44. The molecule has 0 unspecified atom stereocenters. The van der Waals surface area contributed by atoms with E-state index >= 15 is 0 Å². The van der Waals surface area contributed by atoms with Gasteiger partial charge in [-0.25, -0.2) is 0 Å². The summed E-state index contributed by atoms with van der Waals surface area (Å²) >= 11 is 0. The number of nitrogens with one attached hydrogen (secondary N) is 1. The van der Waals surface area contributed by atoms with Crippen LogP contribution in [0, 0.1) is 6.92 Å². The summed E-state index contributed by atoms with van der Waals surface area (Å²) in [5.41, 5.74) is -0.483. The number of ether oxygens (including phenoxy) is 1. The molecule has 1 N–H and O–H groups in total. The first kappa shape index (κ1) is 13.9. The SMILES string of the molecule is Cc1cc(C(=O)NC[C@@H]2CCCO2)c(C(F)(F)F)o1. The van der Waals surface area contributed by atoms with Gasteiger partial charge in [0.1, 0.15) is 5.76 Å². The highest BCUT2D eigenvalue weighted by Gasteiger charge is 2.40. The van der Waals surface area contributed by atoms with E-state index in [-0.39, 0.29) is 18.4 Å². The van der Waals surface area contributed by atoms with Crippen molar-refractivity contribution in [3.05, 3.63) is 23.2 Å². The molecule has 1 amide bonds. The summed E-state index contributed by atoms with van der Waals surface area (Å²) in [6, 6.07) is 1.09. The van der Waals surface area contributed by atoms with Gasteiger partial charge in [0.25, 0.3) is 5.91 Å². The standard InChI is InChI=1S/C12H14F3NO3/c1-7-5-9(10(19-7)12(13,14)15)11(17)16-6-8-3-2-4-18-8/h5,8H,2-4,6H2,1H3,(H,16,17)/t8-/m0/s1. The molecule has 0 aromatic carbocycles. The maximum atomic E-state index is 12.7. The minimum Gasteiger partial charge on any atom is -0.456 e. The number of alkyl halides is 3. The van der Waals surface area contributed by atoms with Crippen molar-refractivity contribution < 1.29 is 27.1 Å². The van der Waals surface area contributed by atoms with Crippen LogP contribution in [0.4, 0.5) is 13.2 Å². The Labute approximate surface area is 107 Å². The van der Waals surface area contributed by atoms with Crippen molar-refractivity contribution >= 4 is 5.91 Å². The molecule has 1 saturated heterocycles. The average Bonchev–Trinajstić information content (AvgIpc) is 2.93. The van der Waals surface area contributed by atoms with Gasteiger partial charge in [-0.1, -0.05) is 0 Å². The predicted octanol–water partition coefficient (Wildman–Crippen LogP) is 2.52. The Hall–Kier alpha value is -1.50. The zero-order valence-electron chi connectivity index (χ0n) is 10.3. The Morgan fingerprint density at radius 3 is 2.84 bits per heavy atom. The molecular formula is C12H14F3NO3. The second kappa shape index (κ2) is 5.24. The van der Waals surface area contributed by atoms with Crippen molar-refractivity contribution in [1.82, 2.24) is 5.32 Å². The normalized spacial score (nSPS) is 19.7. The summed E-state index contributed by atoms with van der Waals surface area (Å²) < 4.78 is 47.8. The molecule has 1 atom stereocenters. The minimum absolute atomic E-state index is 0.0505. The number of furan rings is 1. The van der Waals surface area contributed by atoms with Crippen molar-refractivity contribution in [2.45, 2.75) is 32.0 Å². The summed E-state index contributed by atoms with van der Waals surface area (Å²) in [7, 11) is 0. The Kier molecular flexibility index (Phi) is 3.84. The van der Waals surface area contributed by atoms with Gasteiger partial charge >= 0.3 is 6.18 Å². The highest BCUT2D eigenvalue weighted by atomic mass is 19.4. The zero-order chi connectivity index (χ0) is 14.0. The maximum Gasteiger partial charge on any atom is 0.450 e. The van der Waals surface area contributed by atoms with E-state index in [4.69, 9.17) is 4.74 Å². The van der Waals surface area contributed by atoms with E-state index < -0.39 is 23.4 Å². The van der Waals surface area contributed by atoms with Gasteiger partial charge < -0.3 is 14.5 Å². The molecule has 0 saturated carbocycles. The van der Waals surface area contributed by atoms with Gasteiger partial charge in [-0.3, -0.25) is 4.79 Å². The number of halogens is 3. The molecule has 0 radical (unpaired) electrons. The van der Waals surface area contributed by atoms with Crippen molar-refractivity contribution in [3.8, 4) is 0 Å². The quantitative estimate of drug-likeness (QED) is 0.923. The largest absolute Gasteiger partial charge is 0.456 e. The number of aryl methyl sites for hydroxylation is 1. The summed E-state index contributed by atoms with van der Waals surface area (Å²) in [4.78, 5) is 11.8. The maximum absolute atomic E-state index is 12.7. The van der Waals surface area contributed by atoms with Crippen LogP contribution in [0.1, 0.15) is 34.7 Å². The monoisotopic (exact) mass is 277 g/mol. The molecule has 4 nitrogen and oxygen atoms in total. The molecule has 1 aliphatic heterocycles. The van der Waals surface area contributed by atoms with Crippen LogP contribution < -0.4 is 5.32 Å². The summed E-state index contributed by atoms with van der Waals surface area (Å²) in [5.74, 6) is -2.00. The van der Waals surface area contributed by atoms with Gasteiger partial charge in [0.05, 0.1) is 11.7 Å². The minimum atomic E-state index is -4.68. The van der Waals surface area contributed by atoms with Crippen LogP contribution in [0.5, 0.6) is 0 Å². The highest BCUT2D eigenvalue weighted by Crippen LogP contribution is 2.34. The molecule has 7 heteroatoms. The molecule has 0 spiro atoms. The van der Waals surface area contributed by atoms with E-state index in [2.05, 4.69) is 9.73 Å². The van der Waals surface area contributed by atoms with Crippen molar-refractivity contribution in [3.63, 3.8) is 0 Å². The first-order valence-electron chi connectivity index (χ1n) is 5.95. The van der Waals surface area contributed by atoms with E-state index in [9.17, 15) is 18.0 Å². The van der Waals surface area contributed by atoms with Crippen LogP contribution in [0.2, 0.25) is 0 Å². The average molecular weight is 277 g/mol. The molecule has 1 aromatic rings. The molecule has 2 rings (SSSR count). The Morgan fingerprint density at radius 2 is 2.26 bits per heavy atom. The summed E-state index contributed by atoms with van der Waals surface area (Å²) in [6.07, 6.45) is -3.09. The van der Waals surface area contributed by atoms with Crippen LogP contribution in [-0.4, -0.2) is 25.2 Å². The fourth-order valence-corrected chi connectivity index (χ4v) is 2.00. The van der Waals surface area contributed by atoms with E-state index in [1.54, 1.807) is 0 Å². The molecule has 1 aromatic heterocycles. The molecular weight excluding hydrogens is 263 g/mol.